The van der Waals surface area contributed by atoms with Crippen molar-refractivity contribution in [3.8, 4) is 5.75 Å². The van der Waals surface area contributed by atoms with Gasteiger partial charge in [0, 0.05) is 26.1 Å². The first-order valence-corrected chi connectivity index (χ1v) is 14.7. The maximum atomic E-state index is 13.3. The van der Waals surface area contributed by atoms with Gasteiger partial charge in [0.15, 0.2) is 6.10 Å². The van der Waals surface area contributed by atoms with E-state index in [0.717, 1.165) is 11.1 Å². The lowest BCUT2D eigenvalue weighted by molar-refractivity contribution is -0.128. The zero-order valence-corrected chi connectivity index (χ0v) is 23.2. The summed E-state index contributed by atoms with van der Waals surface area (Å²) in [4.78, 5) is 28.1. The Bertz CT molecular complexity index is 1370. The number of rotatable bonds is 11. The molecule has 4 rings (SSSR count). The van der Waals surface area contributed by atoms with Gasteiger partial charge in [-0.2, -0.15) is 4.31 Å². The number of nitrogens with zero attached hydrogens (tertiary/aromatic N) is 2. The van der Waals surface area contributed by atoms with E-state index in [1.54, 1.807) is 35.2 Å². The molecule has 39 heavy (non-hydrogen) atoms. The molecular weight excluding hydrogens is 514 g/mol. The van der Waals surface area contributed by atoms with E-state index >= 15 is 0 Å². The van der Waals surface area contributed by atoms with Crippen LogP contribution >= 0.6 is 0 Å². The Morgan fingerprint density at radius 1 is 0.897 bits per heavy atom. The number of hydrogen-bond acceptors (Lipinski definition) is 5. The number of sulfonamides is 1. The van der Waals surface area contributed by atoms with Gasteiger partial charge >= 0.3 is 0 Å². The molecule has 0 spiro atoms. The number of nitrogens with one attached hydrogen (secondary N) is 1. The molecule has 2 amide bonds. The fraction of sp³-hybridized carbons (Fsp3) is 0.333. The zero-order valence-electron chi connectivity index (χ0n) is 22.4. The fourth-order valence-corrected chi connectivity index (χ4v) is 6.08. The molecule has 1 heterocycles. The van der Waals surface area contributed by atoms with Crippen molar-refractivity contribution in [3.05, 3.63) is 90.0 Å². The Morgan fingerprint density at radius 2 is 1.54 bits per heavy atom. The molecule has 9 heteroatoms. The van der Waals surface area contributed by atoms with E-state index in [1.807, 2.05) is 62.4 Å². The molecule has 8 nitrogen and oxygen atoms in total. The molecule has 0 radical (unpaired) electrons. The van der Waals surface area contributed by atoms with Gasteiger partial charge in [-0.25, -0.2) is 8.42 Å². The first-order valence-electron chi connectivity index (χ1n) is 13.3. The molecule has 0 fully saturated rings. The minimum atomic E-state index is -3.53. The number of ether oxygens (including phenoxy) is 1. The minimum absolute atomic E-state index is 0.119. The minimum Gasteiger partial charge on any atom is -0.477 e. The van der Waals surface area contributed by atoms with E-state index < -0.39 is 16.1 Å². The molecule has 0 unspecified atom stereocenters. The van der Waals surface area contributed by atoms with Gasteiger partial charge in [-0.1, -0.05) is 68.4 Å². The van der Waals surface area contributed by atoms with Crippen molar-refractivity contribution < 1.29 is 22.7 Å². The third-order valence-electron chi connectivity index (χ3n) is 6.82. The Labute approximate surface area is 230 Å². The second kappa shape index (κ2) is 12.9. The van der Waals surface area contributed by atoms with Gasteiger partial charge in [-0.3, -0.25) is 9.59 Å². The Morgan fingerprint density at radius 3 is 2.23 bits per heavy atom. The molecule has 0 aromatic heterocycles. The highest BCUT2D eigenvalue weighted by atomic mass is 32.2. The number of benzene rings is 3. The van der Waals surface area contributed by atoms with Crippen molar-refractivity contribution in [1.29, 1.82) is 0 Å². The quantitative estimate of drug-likeness (QED) is 0.393. The van der Waals surface area contributed by atoms with Gasteiger partial charge in [0.25, 0.3) is 5.91 Å². The van der Waals surface area contributed by atoms with Crippen LogP contribution in [0, 0.1) is 0 Å². The number of carbonyl (C=O) groups excluding carboxylic acids is 2. The summed E-state index contributed by atoms with van der Waals surface area (Å²) in [6, 6.07) is 23.8. The van der Waals surface area contributed by atoms with Crippen molar-refractivity contribution >= 4 is 27.5 Å². The summed E-state index contributed by atoms with van der Waals surface area (Å²) in [5.74, 6) is 0.0992. The van der Waals surface area contributed by atoms with Crippen LogP contribution in [0.2, 0.25) is 0 Å². The first-order chi connectivity index (χ1) is 18.8. The SMILES string of the molecule is CCN(CC)S(=O)(=O)c1ccc(CCC(=O)N2C[C@@H](C(=O)NCCc3ccccc3)Oc3ccccc32)cc1. The summed E-state index contributed by atoms with van der Waals surface area (Å²) >= 11 is 0. The third-order valence-corrected chi connectivity index (χ3v) is 8.88. The smallest absolute Gasteiger partial charge is 0.262 e. The van der Waals surface area contributed by atoms with Crippen LogP contribution in [0.15, 0.2) is 83.8 Å². The standard InChI is InChI=1S/C30H35N3O5S/c1-3-32(4-2)39(36,37)25-17-14-24(15-18-25)16-19-29(34)33-22-28(38-27-13-9-8-12-26(27)33)30(35)31-21-20-23-10-6-5-7-11-23/h5-15,17-18,28H,3-4,16,19-22H2,1-2H3,(H,31,35)/t28-/m0/s1. The number of amides is 2. The van der Waals surface area contributed by atoms with Crippen LogP contribution in [-0.4, -0.2) is 56.8 Å². The fourth-order valence-electron chi connectivity index (χ4n) is 4.62. The van der Waals surface area contributed by atoms with Crippen LogP contribution in [0.3, 0.4) is 0 Å². The number of carbonyl (C=O) groups is 2. The van der Waals surface area contributed by atoms with Gasteiger partial charge in [0.05, 0.1) is 17.1 Å². The molecule has 3 aromatic carbocycles. The van der Waals surface area contributed by atoms with E-state index in [2.05, 4.69) is 5.32 Å². The average Bonchev–Trinajstić information content (AvgIpc) is 2.96. The predicted molar refractivity (Wildman–Crippen MR) is 151 cm³/mol. The largest absolute Gasteiger partial charge is 0.477 e. The number of hydrogen-bond donors (Lipinski definition) is 1. The summed E-state index contributed by atoms with van der Waals surface area (Å²) in [6.07, 6.45) is 0.536. The lowest BCUT2D eigenvalue weighted by Crippen LogP contribution is -2.51. The average molecular weight is 550 g/mol. The molecule has 3 aromatic rings. The molecule has 0 aliphatic carbocycles. The first kappa shape index (κ1) is 28.3. The molecule has 0 saturated heterocycles. The second-order valence-corrected chi connectivity index (χ2v) is 11.3. The molecule has 0 bridgehead atoms. The number of anilines is 1. The van der Waals surface area contributed by atoms with Crippen molar-refractivity contribution in [1.82, 2.24) is 9.62 Å². The number of aryl methyl sites for hydroxylation is 1. The maximum absolute atomic E-state index is 13.3. The summed E-state index contributed by atoms with van der Waals surface area (Å²) in [5.41, 5.74) is 2.62. The molecule has 1 N–H and O–H groups in total. The van der Waals surface area contributed by atoms with Crippen molar-refractivity contribution in [3.63, 3.8) is 0 Å². The Balaban J connectivity index is 1.38. The predicted octanol–water partition coefficient (Wildman–Crippen LogP) is 3.80. The summed E-state index contributed by atoms with van der Waals surface area (Å²) in [7, 11) is -3.53. The second-order valence-electron chi connectivity index (χ2n) is 9.34. The van der Waals surface area contributed by atoms with Crippen LogP contribution in [-0.2, 0) is 32.5 Å². The normalized spacial score (nSPS) is 14.9. The molecule has 206 valence electrons. The van der Waals surface area contributed by atoms with Crippen LogP contribution in [0.5, 0.6) is 5.75 Å². The van der Waals surface area contributed by atoms with E-state index in [0.29, 0.717) is 43.9 Å². The highest BCUT2D eigenvalue weighted by molar-refractivity contribution is 7.89. The lowest BCUT2D eigenvalue weighted by Gasteiger charge is -2.34. The lowest BCUT2D eigenvalue weighted by atomic mass is 10.1. The van der Waals surface area contributed by atoms with Crippen molar-refractivity contribution in [2.75, 3.05) is 31.1 Å². The maximum Gasteiger partial charge on any atom is 0.262 e. The zero-order chi connectivity index (χ0) is 27.8. The van der Waals surface area contributed by atoms with Crippen molar-refractivity contribution in [2.24, 2.45) is 0 Å². The van der Waals surface area contributed by atoms with E-state index in [4.69, 9.17) is 4.74 Å². The molecule has 1 aliphatic rings. The van der Waals surface area contributed by atoms with Gasteiger partial charge in [0.1, 0.15) is 5.75 Å². The van der Waals surface area contributed by atoms with Gasteiger partial charge in [-0.05, 0) is 48.2 Å². The Kier molecular flexibility index (Phi) is 9.37. The van der Waals surface area contributed by atoms with Gasteiger partial charge < -0.3 is 15.0 Å². The van der Waals surface area contributed by atoms with Crippen LogP contribution in [0.4, 0.5) is 5.69 Å². The van der Waals surface area contributed by atoms with Crippen LogP contribution in [0.1, 0.15) is 31.4 Å². The molecule has 0 saturated carbocycles. The van der Waals surface area contributed by atoms with Crippen LogP contribution < -0.4 is 15.0 Å². The molecular formula is C30H35N3O5S. The van der Waals surface area contributed by atoms with Crippen LogP contribution in [0.25, 0.3) is 0 Å². The number of para-hydroxylation sites is 2. The Hall–Kier alpha value is -3.69. The van der Waals surface area contributed by atoms with Gasteiger partial charge in [-0.15, -0.1) is 0 Å². The third kappa shape index (κ3) is 6.85. The topological polar surface area (TPSA) is 96.0 Å². The highest BCUT2D eigenvalue weighted by Gasteiger charge is 2.33. The summed E-state index contributed by atoms with van der Waals surface area (Å²) < 4.78 is 32.8. The number of fused-ring (bicyclic) bond motifs is 1. The van der Waals surface area contributed by atoms with E-state index in [9.17, 15) is 18.0 Å². The summed E-state index contributed by atoms with van der Waals surface area (Å²) in [5, 5.41) is 2.93. The molecule has 1 aliphatic heterocycles. The summed E-state index contributed by atoms with van der Waals surface area (Å²) in [6.45, 7) is 5.02. The monoisotopic (exact) mass is 549 g/mol. The highest BCUT2D eigenvalue weighted by Crippen LogP contribution is 2.33. The van der Waals surface area contributed by atoms with Crippen molar-refractivity contribution in [2.45, 2.75) is 44.1 Å². The van der Waals surface area contributed by atoms with E-state index in [-0.39, 0.29) is 29.7 Å². The van der Waals surface area contributed by atoms with E-state index in [1.165, 1.54) is 4.31 Å². The van der Waals surface area contributed by atoms with Gasteiger partial charge in [0.2, 0.25) is 15.9 Å². The molecule has 1 atom stereocenters.